The highest BCUT2D eigenvalue weighted by atomic mass is 19.1. The first-order valence-corrected chi connectivity index (χ1v) is 5.97. The highest BCUT2D eigenvalue weighted by Gasteiger charge is 2.36. The molecular weight excluding hydrogens is 243 g/mol. The summed E-state index contributed by atoms with van der Waals surface area (Å²) in [5.41, 5.74) is 0.967. The molecule has 0 radical (unpaired) electrons. The van der Waals surface area contributed by atoms with Crippen molar-refractivity contribution in [3.8, 4) is 0 Å². The predicted octanol–water partition coefficient (Wildman–Crippen LogP) is 3.30. The summed E-state index contributed by atoms with van der Waals surface area (Å²) in [5.74, 6) is -1.10. The monoisotopic (exact) mass is 254 g/mol. The van der Waals surface area contributed by atoms with Crippen molar-refractivity contribution in [3.05, 3.63) is 76.9 Å². The van der Waals surface area contributed by atoms with Gasteiger partial charge < -0.3 is 5.11 Å². The summed E-state index contributed by atoms with van der Waals surface area (Å²) in [6, 6.07) is 15.0. The Balaban J connectivity index is 2.16. The lowest BCUT2D eigenvalue weighted by Gasteiger charge is -2.06. The second-order valence-corrected chi connectivity index (χ2v) is 4.41. The van der Waals surface area contributed by atoms with E-state index >= 15 is 0 Å². The fourth-order valence-corrected chi connectivity index (χ4v) is 2.33. The van der Waals surface area contributed by atoms with Crippen molar-refractivity contribution in [2.24, 2.45) is 0 Å². The molecule has 0 heterocycles. The Morgan fingerprint density at radius 3 is 2.32 bits per heavy atom. The number of carbonyl (C=O) groups is 1. The molecule has 1 aliphatic rings. The largest absolute Gasteiger partial charge is 0.383 e. The van der Waals surface area contributed by atoms with E-state index in [1.165, 1.54) is 0 Å². The standard InChI is InChI=1S/C16H11FO2/c17-14(10-6-2-1-3-7-10)13-15(18)11-8-4-5-9-12(11)16(13)19/h1-9,15,18H. The van der Waals surface area contributed by atoms with Crippen LogP contribution in [0.2, 0.25) is 0 Å². The summed E-state index contributed by atoms with van der Waals surface area (Å²) >= 11 is 0. The molecule has 0 fully saturated rings. The third-order valence-electron chi connectivity index (χ3n) is 3.28. The Morgan fingerprint density at radius 2 is 1.63 bits per heavy atom. The number of aliphatic hydroxyl groups excluding tert-OH is 1. The van der Waals surface area contributed by atoms with Gasteiger partial charge in [-0.25, -0.2) is 4.39 Å². The van der Waals surface area contributed by atoms with Gasteiger partial charge in [0.1, 0.15) is 11.9 Å². The Bertz CT molecular complexity index is 674. The van der Waals surface area contributed by atoms with Crippen LogP contribution < -0.4 is 0 Å². The molecule has 1 aliphatic carbocycles. The quantitative estimate of drug-likeness (QED) is 0.793. The number of rotatable bonds is 1. The zero-order valence-electron chi connectivity index (χ0n) is 10.0. The maximum Gasteiger partial charge on any atom is 0.195 e. The van der Waals surface area contributed by atoms with Crippen molar-refractivity contribution in [1.82, 2.24) is 0 Å². The second-order valence-electron chi connectivity index (χ2n) is 4.41. The number of hydrogen-bond acceptors (Lipinski definition) is 2. The van der Waals surface area contributed by atoms with Gasteiger partial charge in [-0.05, 0) is 5.56 Å². The molecule has 2 aromatic carbocycles. The summed E-state index contributed by atoms with van der Waals surface area (Å²) in [6.45, 7) is 0. The van der Waals surface area contributed by atoms with Crippen LogP contribution in [0.5, 0.6) is 0 Å². The molecule has 3 heteroatoms. The fraction of sp³-hybridized carbons (Fsp3) is 0.0625. The van der Waals surface area contributed by atoms with E-state index in [9.17, 15) is 14.3 Å². The van der Waals surface area contributed by atoms with E-state index in [1.807, 2.05) is 0 Å². The third-order valence-corrected chi connectivity index (χ3v) is 3.28. The van der Waals surface area contributed by atoms with Gasteiger partial charge in [0.25, 0.3) is 0 Å². The van der Waals surface area contributed by atoms with Gasteiger partial charge in [-0.15, -0.1) is 0 Å². The van der Waals surface area contributed by atoms with Crippen molar-refractivity contribution < 1.29 is 14.3 Å². The zero-order valence-corrected chi connectivity index (χ0v) is 10.0. The number of hydrogen-bond donors (Lipinski definition) is 1. The first-order valence-electron chi connectivity index (χ1n) is 5.97. The van der Waals surface area contributed by atoms with Crippen LogP contribution in [0.4, 0.5) is 4.39 Å². The highest BCUT2D eigenvalue weighted by Crippen LogP contribution is 2.39. The topological polar surface area (TPSA) is 37.3 Å². The second kappa shape index (κ2) is 4.44. The van der Waals surface area contributed by atoms with E-state index in [-0.39, 0.29) is 5.57 Å². The van der Waals surface area contributed by atoms with Gasteiger partial charge in [0.15, 0.2) is 5.78 Å². The van der Waals surface area contributed by atoms with Gasteiger partial charge >= 0.3 is 0 Å². The molecule has 19 heavy (non-hydrogen) atoms. The summed E-state index contributed by atoms with van der Waals surface area (Å²) in [7, 11) is 0. The number of benzene rings is 2. The SMILES string of the molecule is O=C1C(=C(F)c2ccccc2)C(O)c2ccccc21. The van der Waals surface area contributed by atoms with Gasteiger partial charge in [-0.3, -0.25) is 4.79 Å². The lowest BCUT2D eigenvalue weighted by atomic mass is 10.0. The van der Waals surface area contributed by atoms with Crippen LogP contribution in [0.3, 0.4) is 0 Å². The van der Waals surface area contributed by atoms with Crippen LogP contribution in [0.15, 0.2) is 60.2 Å². The third kappa shape index (κ3) is 1.79. The number of aliphatic hydroxyl groups is 1. The molecule has 0 amide bonds. The van der Waals surface area contributed by atoms with Crippen LogP contribution >= 0.6 is 0 Å². The Labute approximate surface area is 109 Å². The molecule has 0 bridgehead atoms. The van der Waals surface area contributed by atoms with E-state index in [4.69, 9.17) is 0 Å². The van der Waals surface area contributed by atoms with Crippen LogP contribution in [-0.2, 0) is 0 Å². The minimum atomic E-state index is -1.19. The molecule has 0 aliphatic heterocycles. The van der Waals surface area contributed by atoms with Crippen molar-refractivity contribution in [2.75, 3.05) is 0 Å². The maximum atomic E-state index is 14.4. The Hall–Kier alpha value is -2.26. The number of Topliss-reactive ketones (excluding diaryl/α,β-unsaturated/α-hetero) is 1. The first-order chi connectivity index (χ1) is 9.20. The average Bonchev–Trinajstić information content (AvgIpc) is 2.72. The van der Waals surface area contributed by atoms with Crippen molar-refractivity contribution in [1.29, 1.82) is 0 Å². The molecule has 2 nitrogen and oxygen atoms in total. The van der Waals surface area contributed by atoms with Crippen LogP contribution in [0.1, 0.15) is 27.6 Å². The molecule has 0 saturated carbocycles. The van der Waals surface area contributed by atoms with E-state index in [2.05, 4.69) is 0 Å². The normalized spacial score (nSPS) is 20.3. The minimum Gasteiger partial charge on any atom is -0.383 e. The number of fused-ring (bicyclic) bond motifs is 1. The minimum absolute atomic E-state index is 0.174. The highest BCUT2D eigenvalue weighted by molar-refractivity contribution is 6.17. The van der Waals surface area contributed by atoms with E-state index < -0.39 is 17.7 Å². The Morgan fingerprint density at radius 1 is 1.00 bits per heavy atom. The average molecular weight is 254 g/mol. The van der Waals surface area contributed by atoms with Crippen LogP contribution in [-0.4, -0.2) is 10.9 Å². The molecule has 3 rings (SSSR count). The molecule has 2 aromatic rings. The summed E-state index contributed by atoms with van der Waals surface area (Å²) in [4.78, 5) is 12.2. The van der Waals surface area contributed by atoms with E-state index in [0.29, 0.717) is 16.7 Å². The van der Waals surface area contributed by atoms with Crippen LogP contribution in [0, 0.1) is 0 Å². The van der Waals surface area contributed by atoms with Crippen molar-refractivity contribution in [3.63, 3.8) is 0 Å². The van der Waals surface area contributed by atoms with Gasteiger partial charge in [-0.1, -0.05) is 54.6 Å². The van der Waals surface area contributed by atoms with Gasteiger partial charge in [0.05, 0.1) is 5.57 Å². The molecule has 1 unspecified atom stereocenters. The Kier molecular flexibility index (Phi) is 2.76. The fourth-order valence-electron chi connectivity index (χ4n) is 2.33. The number of ketones is 1. The van der Waals surface area contributed by atoms with Crippen molar-refractivity contribution >= 4 is 11.6 Å². The smallest absolute Gasteiger partial charge is 0.195 e. The molecule has 0 aromatic heterocycles. The molecule has 1 atom stereocenters. The molecule has 0 spiro atoms. The summed E-state index contributed by atoms with van der Waals surface area (Å²) in [5, 5.41) is 10.1. The zero-order chi connectivity index (χ0) is 13.4. The molecule has 1 N–H and O–H groups in total. The predicted molar refractivity (Wildman–Crippen MR) is 70.2 cm³/mol. The lowest BCUT2D eigenvalue weighted by Crippen LogP contribution is -2.02. The van der Waals surface area contributed by atoms with E-state index in [0.717, 1.165) is 0 Å². The summed E-state index contributed by atoms with van der Waals surface area (Å²) in [6.07, 6.45) is -1.19. The first kappa shape index (κ1) is 11.8. The lowest BCUT2D eigenvalue weighted by molar-refractivity contribution is 0.101. The maximum absolute atomic E-state index is 14.4. The van der Waals surface area contributed by atoms with Gasteiger partial charge in [0, 0.05) is 11.1 Å². The molecule has 0 saturated heterocycles. The van der Waals surface area contributed by atoms with Crippen molar-refractivity contribution in [2.45, 2.75) is 6.10 Å². The van der Waals surface area contributed by atoms with Gasteiger partial charge in [-0.2, -0.15) is 0 Å². The van der Waals surface area contributed by atoms with E-state index in [1.54, 1.807) is 54.6 Å². The summed E-state index contributed by atoms with van der Waals surface area (Å²) < 4.78 is 14.4. The molecule has 94 valence electrons. The number of carbonyl (C=O) groups excluding carboxylic acids is 1. The number of halogens is 1. The van der Waals surface area contributed by atoms with Gasteiger partial charge in [0.2, 0.25) is 0 Å². The molecular formula is C16H11FO2. The van der Waals surface area contributed by atoms with Crippen LogP contribution in [0.25, 0.3) is 5.83 Å².